The zero-order chi connectivity index (χ0) is 15.3. The molecule has 2 heteroatoms. The second kappa shape index (κ2) is 7.11. The van der Waals surface area contributed by atoms with Crippen molar-refractivity contribution >= 4 is 5.78 Å². The number of hydrogen-bond acceptors (Lipinski definition) is 2. The minimum atomic E-state index is -0.120. The highest BCUT2D eigenvalue weighted by molar-refractivity contribution is 6.03. The molecule has 0 amide bonds. The molecule has 0 saturated carbocycles. The summed E-state index contributed by atoms with van der Waals surface area (Å²) in [5.41, 5.74) is 1.91. The molecule has 0 atom stereocenters. The van der Waals surface area contributed by atoms with Crippen molar-refractivity contribution in [3.8, 4) is 5.75 Å². The van der Waals surface area contributed by atoms with Crippen molar-refractivity contribution in [2.45, 2.75) is 65.2 Å². The number of unbranched alkanes of at least 4 members (excludes halogenated alkanes) is 2. The Balaban J connectivity index is 2.34. The van der Waals surface area contributed by atoms with Crippen LogP contribution < -0.4 is 4.74 Å². The van der Waals surface area contributed by atoms with Gasteiger partial charge >= 0.3 is 0 Å². The van der Waals surface area contributed by atoms with Gasteiger partial charge in [-0.25, -0.2) is 0 Å². The van der Waals surface area contributed by atoms with E-state index in [2.05, 4.69) is 13.8 Å². The Kier molecular flexibility index (Phi) is 5.44. The second-order valence-electron chi connectivity index (χ2n) is 6.30. The molecule has 2 rings (SSSR count). The van der Waals surface area contributed by atoms with E-state index in [0.717, 1.165) is 68.2 Å². The third-order valence-corrected chi connectivity index (χ3v) is 4.95. The molecular formula is C19H28O2. The average molecular weight is 288 g/mol. The predicted molar refractivity (Wildman–Crippen MR) is 87.1 cm³/mol. The summed E-state index contributed by atoms with van der Waals surface area (Å²) in [4.78, 5) is 13.2. The number of carbonyl (C=O) groups is 1. The van der Waals surface area contributed by atoms with Crippen molar-refractivity contribution in [3.05, 3.63) is 29.3 Å². The predicted octanol–water partition coefficient (Wildman–Crippen LogP) is 5.19. The first-order chi connectivity index (χ1) is 10.2. The van der Waals surface area contributed by atoms with Crippen molar-refractivity contribution < 1.29 is 9.53 Å². The summed E-state index contributed by atoms with van der Waals surface area (Å²) in [6.07, 6.45) is 8.65. The van der Waals surface area contributed by atoms with Crippen LogP contribution in [0.15, 0.2) is 18.2 Å². The van der Waals surface area contributed by atoms with E-state index < -0.39 is 0 Å². The van der Waals surface area contributed by atoms with Crippen LogP contribution in [0.5, 0.6) is 5.75 Å². The summed E-state index contributed by atoms with van der Waals surface area (Å²) in [5, 5.41) is 0. The SMILES string of the molecule is CCCCC1(CCCC)CCc2c(OC)cccc2C1=O. The smallest absolute Gasteiger partial charge is 0.169 e. The summed E-state index contributed by atoms with van der Waals surface area (Å²) in [6.45, 7) is 4.41. The van der Waals surface area contributed by atoms with Crippen molar-refractivity contribution in [1.29, 1.82) is 0 Å². The van der Waals surface area contributed by atoms with E-state index in [4.69, 9.17) is 4.74 Å². The van der Waals surface area contributed by atoms with E-state index in [1.54, 1.807) is 7.11 Å². The number of ketones is 1. The summed E-state index contributed by atoms with van der Waals surface area (Å²) >= 11 is 0. The van der Waals surface area contributed by atoms with Gasteiger partial charge < -0.3 is 4.74 Å². The van der Waals surface area contributed by atoms with E-state index in [-0.39, 0.29) is 5.41 Å². The van der Waals surface area contributed by atoms with Crippen LogP contribution in [0.1, 0.15) is 74.7 Å². The second-order valence-corrected chi connectivity index (χ2v) is 6.30. The fourth-order valence-corrected chi connectivity index (χ4v) is 3.62. The number of hydrogen-bond donors (Lipinski definition) is 0. The van der Waals surface area contributed by atoms with Gasteiger partial charge in [-0.15, -0.1) is 0 Å². The molecule has 0 fully saturated rings. The van der Waals surface area contributed by atoms with Gasteiger partial charge in [-0.05, 0) is 31.7 Å². The van der Waals surface area contributed by atoms with E-state index in [1.807, 2.05) is 18.2 Å². The topological polar surface area (TPSA) is 26.3 Å². The Labute approximate surface area is 128 Å². The van der Waals surface area contributed by atoms with E-state index in [1.165, 1.54) is 0 Å². The minimum absolute atomic E-state index is 0.120. The lowest BCUT2D eigenvalue weighted by molar-refractivity contribution is 0.0706. The van der Waals surface area contributed by atoms with Gasteiger partial charge in [0, 0.05) is 16.5 Å². The van der Waals surface area contributed by atoms with Crippen molar-refractivity contribution in [2.75, 3.05) is 7.11 Å². The lowest BCUT2D eigenvalue weighted by Crippen LogP contribution is -2.36. The molecule has 0 unspecified atom stereocenters. The number of benzene rings is 1. The Hall–Kier alpha value is -1.31. The molecule has 1 aromatic carbocycles. The largest absolute Gasteiger partial charge is 0.496 e. The van der Waals surface area contributed by atoms with Gasteiger partial charge in [0.15, 0.2) is 5.78 Å². The van der Waals surface area contributed by atoms with Gasteiger partial charge in [-0.3, -0.25) is 4.79 Å². The average Bonchev–Trinajstić information content (AvgIpc) is 2.53. The van der Waals surface area contributed by atoms with Crippen LogP contribution in [0.2, 0.25) is 0 Å². The molecule has 0 radical (unpaired) electrons. The Morgan fingerprint density at radius 3 is 2.38 bits per heavy atom. The molecule has 21 heavy (non-hydrogen) atoms. The van der Waals surface area contributed by atoms with Gasteiger partial charge in [0.05, 0.1) is 7.11 Å². The zero-order valence-corrected chi connectivity index (χ0v) is 13.7. The number of rotatable bonds is 7. The van der Waals surface area contributed by atoms with Crippen LogP contribution in [0.4, 0.5) is 0 Å². The van der Waals surface area contributed by atoms with Gasteiger partial charge in [-0.1, -0.05) is 51.7 Å². The summed E-state index contributed by atoms with van der Waals surface area (Å²) < 4.78 is 5.44. The lowest BCUT2D eigenvalue weighted by Gasteiger charge is -2.37. The summed E-state index contributed by atoms with van der Waals surface area (Å²) in [5.74, 6) is 1.24. The van der Waals surface area contributed by atoms with Gasteiger partial charge in [0.2, 0.25) is 0 Å². The number of carbonyl (C=O) groups excluding carboxylic acids is 1. The quantitative estimate of drug-likeness (QED) is 0.690. The van der Waals surface area contributed by atoms with Crippen LogP contribution in [-0.2, 0) is 6.42 Å². The molecular weight excluding hydrogens is 260 g/mol. The molecule has 0 aliphatic heterocycles. The molecule has 2 nitrogen and oxygen atoms in total. The Bertz CT molecular complexity index is 482. The lowest BCUT2D eigenvalue weighted by atomic mass is 9.65. The van der Waals surface area contributed by atoms with E-state index in [9.17, 15) is 4.79 Å². The highest BCUT2D eigenvalue weighted by atomic mass is 16.5. The number of Topliss-reactive ketones (excluding diaryl/α,β-unsaturated/α-hetero) is 1. The van der Waals surface area contributed by atoms with Gasteiger partial charge in [0.25, 0.3) is 0 Å². The Morgan fingerprint density at radius 2 is 1.81 bits per heavy atom. The van der Waals surface area contributed by atoms with E-state index >= 15 is 0 Å². The maximum absolute atomic E-state index is 13.2. The molecule has 0 N–H and O–H groups in total. The molecule has 0 saturated heterocycles. The fraction of sp³-hybridized carbons (Fsp3) is 0.632. The summed E-state index contributed by atoms with van der Waals surface area (Å²) in [6, 6.07) is 5.91. The molecule has 116 valence electrons. The standard InChI is InChI=1S/C19H28O2/c1-4-6-12-19(13-7-5-2)14-11-15-16(18(19)20)9-8-10-17(15)21-3/h8-10H,4-7,11-14H2,1-3H3. The molecule has 0 heterocycles. The van der Waals surface area contributed by atoms with Crippen molar-refractivity contribution in [2.24, 2.45) is 5.41 Å². The van der Waals surface area contributed by atoms with Crippen LogP contribution in [0.25, 0.3) is 0 Å². The molecule has 0 spiro atoms. The highest BCUT2D eigenvalue weighted by Crippen LogP contribution is 2.45. The first-order valence-electron chi connectivity index (χ1n) is 8.39. The first kappa shape index (κ1) is 16.1. The fourth-order valence-electron chi connectivity index (χ4n) is 3.62. The third-order valence-electron chi connectivity index (χ3n) is 4.95. The van der Waals surface area contributed by atoms with E-state index in [0.29, 0.717) is 5.78 Å². The van der Waals surface area contributed by atoms with Crippen LogP contribution in [0.3, 0.4) is 0 Å². The zero-order valence-electron chi connectivity index (χ0n) is 13.7. The first-order valence-corrected chi connectivity index (χ1v) is 8.39. The van der Waals surface area contributed by atoms with Gasteiger partial charge in [0.1, 0.15) is 5.75 Å². The maximum Gasteiger partial charge on any atom is 0.169 e. The molecule has 1 aliphatic carbocycles. The summed E-state index contributed by atoms with van der Waals surface area (Å²) in [7, 11) is 1.69. The molecule has 0 bridgehead atoms. The monoisotopic (exact) mass is 288 g/mol. The molecule has 0 aromatic heterocycles. The van der Waals surface area contributed by atoms with Crippen LogP contribution >= 0.6 is 0 Å². The maximum atomic E-state index is 13.2. The Morgan fingerprint density at radius 1 is 1.14 bits per heavy atom. The van der Waals surface area contributed by atoms with Gasteiger partial charge in [-0.2, -0.15) is 0 Å². The molecule has 1 aliphatic rings. The van der Waals surface area contributed by atoms with Crippen molar-refractivity contribution in [1.82, 2.24) is 0 Å². The number of fused-ring (bicyclic) bond motifs is 1. The minimum Gasteiger partial charge on any atom is -0.496 e. The third kappa shape index (κ3) is 3.14. The highest BCUT2D eigenvalue weighted by Gasteiger charge is 2.41. The van der Waals surface area contributed by atoms with Crippen LogP contribution in [0, 0.1) is 5.41 Å². The number of methoxy groups -OCH3 is 1. The number of ether oxygens (including phenoxy) is 1. The van der Waals surface area contributed by atoms with Crippen molar-refractivity contribution in [3.63, 3.8) is 0 Å². The molecule has 1 aromatic rings. The van der Waals surface area contributed by atoms with Crippen LogP contribution in [-0.4, -0.2) is 12.9 Å². The normalized spacial score (nSPS) is 16.6.